The van der Waals surface area contributed by atoms with Gasteiger partial charge in [-0.3, -0.25) is 14.5 Å². The number of nitrogens with one attached hydrogen (secondary N) is 1. The molecule has 1 fully saturated rings. The van der Waals surface area contributed by atoms with Crippen molar-refractivity contribution in [2.45, 2.75) is 25.4 Å². The van der Waals surface area contributed by atoms with Crippen LogP contribution in [-0.4, -0.2) is 58.9 Å². The zero-order valence-electron chi connectivity index (χ0n) is 14.6. The number of methoxy groups -OCH3 is 1. The van der Waals surface area contributed by atoms with Crippen LogP contribution in [0.3, 0.4) is 0 Å². The first-order valence-electron chi connectivity index (χ1n) is 8.71. The Morgan fingerprint density at radius 3 is 3.12 bits per heavy atom. The van der Waals surface area contributed by atoms with Gasteiger partial charge in [-0.05, 0) is 37.1 Å². The maximum Gasteiger partial charge on any atom is 0.274 e. The standard InChI is InChI=1S/C18H25N5O2/c1-25-11-10-22(14-15-4-2-7-19-12-15)18(24)17-6-9-23(21-17)16-5-3-8-20-13-16/h2,4,6-7,9,12,16,20H,3,5,8,10-11,13-14H2,1H3. The number of carbonyl (C=O) groups excluding carboxylic acids is 1. The van der Waals surface area contributed by atoms with E-state index < -0.39 is 0 Å². The molecule has 3 heterocycles. The molecule has 0 radical (unpaired) electrons. The molecule has 7 nitrogen and oxygen atoms in total. The molecule has 1 amide bonds. The first-order chi connectivity index (χ1) is 12.3. The van der Waals surface area contributed by atoms with Crippen molar-refractivity contribution in [2.24, 2.45) is 0 Å². The minimum atomic E-state index is -0.0802. The Morgan fingerprint density at radius 1 is 1.48 bits per heavy atom. The smallest absolute Gasteiger partial charge is 0.274 e. The number of piperidine rings is 1. The second kappa shape index (κ2) is 8.73. The lowest BCUT2D eigenvalue weighted by molar-refractivity contribution is 0.0673. The highest BCUT2D eigenvalue weighted by Gasteiger charge is 2.21. The third kappa shape index (κ3) is 4.64. The summed E-state index contributed by atoms with van der Waals surface area (Å²) in [4.78, 5) is 18.8. The molecule has 1 unspecified atom stereocenters. The highest BCUT2D eigenvalue weighted by Crippen LogP contribution is 2.16. The summed E-state index contributed by atoms with van der Waals surface area (Å²) in [6.07, 6.45) is 7.63. The van der Waals surface area contributed by atoms with E-state index in [0.717, 1.165) is 31.5 Å². The Morgan fingerprint density at radius 2 is 2.40 bits per heavy atom. The molecule has 1 N–H and O–H groups in total. The van der Waals surface area contributed by atoms with Gasteiger partial charge in [0, 0.05) is 45.3 Å². The molecule has 0 aromatic carbocycles. The van der Waals surface area contributed by atoms with Crippen LogP contribution < -0.4 is 5.32 Å². The SMILES string of the molecule is COCCN(Cc1cccnc1)C(=O)c1ccn(C2CCCNC2)n1. The highest BCUT2D eigenvalue weighted by molar-refractivity contribution is 5.92. The Hall–Kier alpha value is -2.25. The van der Waals surface area contributed by atoms with E-state index in [2.05, 4.69) is 15.4 Å². The molecule has 2 aromatic rings. The first-order valence-corrected chi connectivity index (χ1v) is 8.71. The largest absolute Gasteiger partial charge is 0.383 e. The molecule has 1 atom stereocenters. The summed E-state index contributed by atoms with van der Waals surface area (Å²) in [7, 11) is 1.64. The molecule has 1 aliphatic rings. The van der Waals surface area contributed by atoms with Crippen LogP contribution in [0.1, 0.15) is 34.9 Å². The van der Waals surface area contributed by atoms with Gasteiger partial charge in [0.2, 0.25) is 0 Å². The van der Waals surface area contributed by atoms with E-state index in [-0.39, 0.29) is 5.91 Å². The summed E-state index contributed by atoms with van der Waals surface area (Å²) in [6.45, 7) is 3.45. The van der Waals surface area contributed by atoms with E-state index in [9.17, 15) is 4.79 Å². The molecule has 0 spiro atoms. The zero-order chi connectivity index (χ0) is 17.5. The summed E-state index contributed by atoms with van der Waals surface area (Å²) >= 11 is 0. The quantitative estimate of drug-likeness (QED) is 0.825. The first kappa shape index (κ1) is 17.6. The van der Waals surface area contributed by atoms with Crippen molar-refractivity contribution in [3.05, 3.63) is 48.0 Å². The fourth-order valence-electron chi connectivity index (χ4n) is 3.04. The lowest BCUT2D eigenvalue weighted by atomic mass is 10.1. The van der Waals surface area contributed by atoms with Crippen molar-refractivity contribution in [3.63, 3.8) is 0 Å². The van der Waals surface area contributed by atoms with Gasteiger partial charge in [-0.1, -0.05) is 6.07 Å². The molecule has 1 saturated heterocycles. The van der Waals surface area contributed by atoms with Crippen LogP contribution in [0.25, 0.3) is 0 Å². The van der Waals surface area contributed by atoms with Crippen LogP contribution in [-0.2, 0) is 11.3 Å². The van der Waals surface area contributed by atoms with Crippen molar-refractivity contribution in [1.82, 2.24) is 25.0 Å². The molecule has 2 aromatic heterocycles. The molecule has 1 aliphatic heterocycles. The molecule has 3 rings (SSSR count). The summed E-state index contributed by atoms with van der Waals surface area (Å²) in [5, 5.41) is 7.91. The monoisotopic (exact) mass is 343 g/mol. The van der Waals surface area contributed by atoms with Crippen LogP contribution in [0.15, 0.2) is 36.8 Å². The number of ether oxygens (including phenoxy) is 1. The third-order valence-corrected chi connectivity index (χ3v) is 4.42. The van der Waals surface area contributed by atoms with Gasteiger partial charge < -0.3 is 15.0 Å². The van der Waals surface area contributed by atoms with Crippen LogP contribution in [0.2, 0.25) is 0 Å². The third-order valence-electron chi connectivity index (χ3n) is 4.42. The number of rotatable bonds is 7. The minimum Gasteiger partial charge on any atom is -0.383 e. The number of hydrogen-bond acceptors (Lipinski definition) is 5. The van der Waals surface area contributed by atoms with Crippen LogP contribution >= 0.6 is 0 Å². The molecule has 0 aliphatic carbocycles. The molecule has 134 valence electrons. The van der Waals surface area contributed by atoms with E-state index in [0.29, 0.717) is 31.4 Å². The summed E-state index contributed by atoms with van der Waals surface area (Å²) in [5.41, 5.74) is 1.47. The molecule has 7 heteroatoms. The van der Waals surface area contributed by atoms with Gasteiger partial charge in [0.15, 0.2) is 0 Å². The van der Waals surface area contributed by atoms with Gasteiger partial charge in [-0.25, -0.2) is 0 Å². The predicted octanol–water partition coefficient (Wildman–Crippen LogP) is 1.49. The number of aromatic nitrogens is 3. The molecule has 0 saturated carbocycles. The fraction of sp³-hybridized carbons (Fsp3) is 0.500. The second-order valence-corrected chi connectivity index (χ2v) is 6.26. The maximum absolute atomic E-state index is 12.9. The summed E-state index contributed by atoms with van der Waals surface area (Å²) in [6, 6.07) is 5.96. The van der Waals surface area contributed by atoms with Crippen LogP contribution in [0.5, 0.6) is 0 Å². The van der Waals surface area contributed by atoms with Crippen molar-refractivity contribution in [1.29, 1.82) is 0 Å². The average molecular weight is 343 g/mol. The number of hydrogen-bond donors (Lipinski definition) is 1. The Labute approximate surface area is 148 Å². The predicted molar refractivity (Wildman–Crippen MR) is 94.2 cm³/mol. The van der Waals surface area contributed by atoms with Gasteiger partial charge in [0.1, 0.15) is 5.69 Å². The van der Waals surface area contributed by atoms with Crippen LogP contribution in [0, 0.1) is 0 Å². The van der Waals surface area contributed by atoms with Crippen LogP contribution in [0.4, 0.5) is 0 Å². The molecular weight excluding hydrogens is 318 g/mol. The van der Waals surface area contributed by atoms with E-state index >= 15 is 0 Å². The molecular formula is C18H25N5O2. The lowest BCUT2D eigenvalue weighted by Gasteiger charge is -2.23. The molecule has 0 bridgehead atoms. The van der Waals surface area contributed by atoms with E-state index in [1.54, 1.807) is 30.5 Å². The second-order valence-electron chi connectivity index (χ2n) is 6.26. The average Bonchev–Trinajstić information content (AvgIpc) is 3.16. The normalized spacial score (nSPS) is 17.4. The number of amides is 1. The Kier molecular flexibility index (Phi) is 6.14. The number of nitrogens with zero attached hydrogens (tertiary/aromatic N) is 4. The number of pyridine rings is 1. The van der Waals surface area contributed by atoms with Gasteiger partial charge in [0.25, 0.3) is 5.91 Å². The zero-order valence-corrected chi connectivity index (χ0v) is 14.6. The minimum absolute atomic E-state index is 0.0802. The maximum atomic E-state index is 12.9. The van der Waals surface area contributed by atoms with Gasteiger partial charge in [0.05, 0.1) is 12.6 Å². The van der Waals surface area contributed by atoms with E-state index in [4.69, 9.17) is 4.74 Å². The molecule has 25 heavy (non-hydrogen) atoms. The van der Waals surface area contributed by atoms with Gasteiger partial charge >= 0.3 is 0 Å². The Balaban J connectivity index is 1.71. The van der Waals surface area contributed by atoms with Gasteiger partial charge in [-0.2, -0.15) is 5.10 Å². The number of carbonyl (C=O) groups is 1. The Bertz CT molecular complexity index is 667. The topological polar surface area (TPSA) is 72.3 Å². The van der Waals surface area contributed by atoms with E-state index in [1.165, 1.54) is 0 Å². The fourth-order valence-corrected chi connectivity index (χ4v) is 3.04. The summed E-state index contributed by atoms with van der Waals surface area (Å²) < 4.78 is 7.07. The van der Waals surface area contributed by atoms with Gasteiger partial charge in [-0.15, -0.1) is 0 Å². The van der Waals surface area contributed by atoms with Crippen molar-refractivity contribution in [3.8, 4) is 0 Å². The lowest BCUT2D eigenvalue weighted by Crippen LogP contribution is -2.34. The van der Waals surface area contributed by atoms with Crippen molar-refractivity contribution < 1.29 is 9.53 Å². The summed E-state index contributed by atoms with van der Waals surface area (Å²) in [5.74, 6) is -0.0802. The van der Waals surface area contributed by atoms with Crippen molar-refractivity contribution >= 4 is 5.91 Å². The van der Waals surface area contributed by atoms with Crippen molar-refractivity contribution in [2.75, 3.05) is 33.4 Å². The highest BCUT2D eigenvalue weighted by atomic mass is 16.5. The van der Waals surface area contributed by atoms with E-state index in [1.807, 2.05) is 23.0 Å².